The van der Waals surface area contributed by atoms with Crippen LogP contribution in [-0.4, -0.2) is 10.9 Å². The Morgan fingerprint density at radius 3 is 2.57 bits per heavy atom. The molecule has 3 nitrogen and oxygen atoms in total. The van der Waals surface area contributed by atoms with Gasteiger partial charge in [0.2, 0.25) is 0 Å². The van der Waals surface area contributed by atoms with Crippen LogP contribution in [0.25, 0.3) is 0 Å². The molecule has 0 saturated carbocycles. The molecule has 2 heterocycles. The zero-order valence-corrected chi connectivity index (χ0v) is 14.7. The fourth-order valence-electron chi connectivity index (χ4n) is 2.64. The van der Waals surface area contributed by atoms with Crippen molar-refractivity contribution in [3.8, 4) is 0 Å². The summed E-state index contributed by atoms with van der Waals surface area (Å²) in [5.41, 5.74) is 2.88. The van der Waals surface area contributed by atoms with Crippen LogP contribution in [0.2, 0.25) is 0 Å². The molecular weight excluding hydrogens is 396 g/mol. The minimum absolute atomic E-state index is 0.0697. The number of hydrogen-bond donors (Lipinski definition) is 0. The lowest BCUT2D eigenvalue weighted by Gasteiger charge is -2.17. The van der Waals surface area contributed by atoms with Crippen molar-refractivity contribution in [2.24, 2.45) is 0 Å². The number of carbonyl (C=O) groups is 1. The Balaban J connectivity index is 2.21. The fraction of sp³-hybridized carbons (Fsp3) is 0.250. The number of nitrogens with zero attached hydrogens (tertiary/aromatic N) is 2. The Kier molecular flexibility index (Phi) is 3.88. The van der Waals surface area contributed by atoms with E-state index in [0.29, 0.717) is 5.82 Å². The van der Waals surface area contributed by atoms with Crippen molar-refractivity contribution < 1.29 is 4.79 Å². The van der Waals surface area contributed by atoms with Crippen molar-refractivity contribution in [3.63, 3.8) is 0 Å². The first-order valence-corrected chi connectivity index (χ1v) is 8.41. The third-order valence-corrected chi connectivity index (χ3v) is 5.02. The van der Waals surface area contributed by atoms with Crippen LogP contribution >= 0.6 is 31.9 Å². The normalized spacial score (nSPS) is 16.1. The van der Waals surface area contributed by atoms with E-state index in [9.17, 15) is 4.79 Å². The number of rotatable bonds is 3. The summed E-state index contributed by atoms with van der Waals surface area (Å²) in [6.07, 6.45) is 3.71. The first-order chi connectivity index (χ1) is 10.1. The first-order valence-electron chi connectivity index (χ1n) is 6.83. The standard InChI is InChI=1S/C16H14Br2N2O/c1-2-6-11-9-10-19-14-13(11)16(17,18)15(21)20(14)12-7-4-3-5-8-12/h3-5,7-10H,2,6H2,1H3. The molecule has 0 unspecified atom stereocenters. The predicted molar refractivity (Wildman–Crippen MR) is 91.4 cm³/mol. The second-order valence-corrected chi connectivity index (χ2v) is 8.41. The molecule has 0 saturated heterocycles. The summed E-state index contributed by atoms with van der Waals surface area (Å²) in [7, 11) is 0. The summed E-state index contributed by atoms with van der Waals surface area (Å²) < 4.78 is -0.899. The monoisotopic (exact) mass is 408 g/mol. The van der Waals surface area contributed by atoms with E-state index in [1.165, 1.54) is 0 Å². The van der Waals surface area contributed by atoms with Crippen molar-refractivity contribution in [2.45, 2.75) is 23.0 Å². The number of benzene rings is 1. The van der Waals surface area contributed by atoms with Gasteiger partial charge >= 0.3 is 0 Å². The summed E-state index contributed by atoms with van der Waals surface area (Å²) in [6.45, 7) is 2.13. The van der Waals surface area contributed by atoms with E-state index >= 15 is 0 Å². The number of alkyl halides is 2. The zero-order valence-electron chi connectivity index (χ0n) is 11.5. The molecule has 0 atom stereocenters. The Bertz CT molecular complexity index is 686. The van der Waals surface area contributed by atoms with E-state index in [0.717, 1.165) is 29.7 Å². The number of amides is 1. The van der Waals surface area contributed by atoms with Crippen molar-refractivity contribution in [3.05, 3.63) is 53.7 Å². The Labute approximate surface area is 140 Å². The maximum Gasteiger partial charge on any atom is 0.265 e. The quantitative estimate of drug-likeness (QED) is 0.691. The Hall–Kier alpha value is -1.20. The SMILES string of the molecule is CCCc1ccnc2c1C(Br)(Br)C(=O)N2c1ccccc1. The number of fused-ring (bicyclic) bond motifs is 1. The number of halogens is 2. The molecule has 108 valence electrons. The summed E-state index contributed by atoms with van der Waals surface area (Å²) in [4.78, 5) is 18.9. The summed E-state index contributed by atoms with van der Waals surface area (Å²) in [5, 5.41) is 0. The van der Waals surface area contributed by atoms with Gasteiger partial charge in [-0.15, -0.1) is 0 Å². The van der Waals surface area contributed by atoms with Crippen LogP contribution in [-0.2, 0) is 14.4 Å². The Morgan fingerprint density at radius 1 is 1.19 bits per heavy atom. The third kappa shape index (κ3) is 2.32. The summed E-state index contributed by atoms with van der Waals surface area (Å²) in [5.74, 6) is 0.630. The number of carbonyl (C=O) groups excluding carboxylic acids is 1. The molecule has 1 aliphatic rings. The second kappa shape index (κ2) is 5.54. The first kappa shape index (κ1) is 14.7. The molecule has 21 heavy (non-hydrogen) atoms. The maximum absolute atomic E-state index is 12.8. The van der Waals surface area contributed by atoms with Gasteiger partial charge in [-0.05, 0) is 30.2 Å². The smallest absolute Gasteiger partial charge is 0.265 e. The van der Waals surface area contributed by atoms with E-state index in [2.05, 4.69) is 43.8 Å². The van der Waals surface area contributed by atoms with E-state index < -0.39 is 3.23 Å². The van der Waals surface area contributed by atoms with Gasteiger partial charge in [0.15, 0.2) is 3.23 Å². The highest BCUT2D eigenvalue weighted by Crippen LogP contribution is 2.53. The number of aromatic nitrogens is 1. The largest absolute Gasteiger partial charge is 0.271 e. The van der Waals surface area contributed by atoms with Gasteiger partial charge in [-0.1, -0.05) is 63.4 Å². The topological polar surface area (TPSA) is 33.2 Å². The molecule has 0 N–H and O–H groups in total. The van der Waals surface area contributed by atoms with Crippen LogP contribution in [0.3, 0.4) is 0 Å². The van der Waals surface area contributed by atoms with Crippen LogP contribution in [0, 0.1) is 0 Å². The zero-order chi connectivity index (χ0) is 15.0. The maximum atomic E-state index is 12.8. The van der Waals surface area contributed by atoms with Crippen molar-refractivity contribution >= 4 is 49.3 Å². The van der Waals surface area contributed by atoms with Gasteiger partial charge in [0.05, 0.1) is 5.69 Å². The Morgan fingerprint density at radius 2 is 1.90 bits per heavy atom. The average molecular weight is 410 g/mol. The highest BCUT2D eigenvalue weighted by molar-refractivity contribution is 9.25. The van der Waals surface area contributed by atoms with Gasteiger partial charge in [0.1, 0.15) is 5.82 Å². The number of hydrogen-bond acceptors (Lipinski definition) is 2. The van der Waals surface area contributed by atoms with Gasteiger partial charge in [0.25, 0.3) is 5.91 Å². The lowest BCUT2D eigenvalue weighted by atomic mass is 10.0. The summed E-state index contributed by atoms with van der Waals surface area (Å²) >= 11 is 7.10. The second-order valence-electron chi connectivity index (χ2n) is 4.97. The molecule has 1 aromatic heterocycles. The molecule has 1 aliphatic heterocycles. The van der Waals surface area contributed by atoms with Gasteiger partial charge in [0, 0.05) is 11.8 Å². The molecule has 3 rings (SSSR count). The molecule has 5 heteroatoms. The molecule has 0 radical (unpaired) electrons. The van der Waals surface area contributed by atoms with E-state index in [-0.39, 0.29) is 5.91 Å². The van der Waals surface area contributed by atoms with E-state index in [4.69, 9.17) is 0 Å². The summed E-state index contributed by atoms with van der Waals surface area (Å²) in [6, 6.07) is 11.6. The lowest BCUT2D eigenvalue weighted by molar-refractivity contribution is -0.117. The van der Waals surface area contributed by atoms with Crippen LogP contribution in [0.1, 0.15) is 24.5 Å². The minimum Gasteiger partial charge on any atom is -0.271 e. The number of anilines is 2. The third-order valence-electron chi connectivity index (χ3n) is 3.55. The molecule has 0 bridgehead atoms. The molecule has 0 fully saturated rings. The molecule has 2 aromatic rings. The average Bonchev–Trinajstić information content (AvgIpc) is 2.69. The van der Waals surface area contributed by atoms with Crippen molar-refractivity contribution in [1.82, 2.24) is 4.98 Å². The predicted octanol–water partition coefficient (Wildman–Crippen LogP) is 4.66. The molecule has 1 aromatic carbocycles. The molecule has 0 spiro atoms. The van der Waals surface area contributed by atoms with E-state index in [1.54, 1.807) is 11.1 Å². The van der Waals surface area contributed by atoms with Gasteiger partial charge in [-0.2, -0.15) is 0 Å². The lowest BCUT2D eigenvalue weighted by Crippen LogP contribution is -2.29. The molecule has 1 amide bonds. The van der Waals surface area contributed by atoms with E-state index in [1.807, 2.05) is 36.4 Å². The molecule has 0 aliphatic carbocycles. The minimum atomic E-state index is -0.899. The number of para-hydroxylation sites is 1. The van der Waals surface area contributed by atoms with Crippen molar-refractivity contribution in [2.75, 3.05) is 4.90 Å². The van der Waals surface area contributed by atoms with Gasteiger partial charge in [-0.3, -0.25) is 9.69 Å². The number of pyridine rings is 1. The van der Waals surface area contributed by atoms with Crippen molar-refractivity contribution in [1.29, 1.82) is 0 Å². The number of aryl methyl sites for hydroxylation is 1. The van der Waals surface area contributed by atoms with Crippen LogP contribution in [0.5, 0.6) is 0 Å². The van der Waals surface area contributed by atoms with Crippen LogP contribution < -0.4 is 4.90 Å². The van der Waals surface area contributed by atoms with Gasteiger partial charge in [-0.25, -0.2) is 4.98 Å². The highest BCUT2D eigenvalue weighted by atomic mass is 79.9. The van der Waals surface area contributed by atoms with Gasteiger partial charge < -0.3 is 0 Å². The highest BCUT2D eigenvalue weighted by Gasteiger charge is 2.50. The van der Waals surface area contributed by atoms with Crippen LogP contribution in [0.15, 0.2) is 42.6 Å². The van der Waals surface area contributed by atoms with Crippen LogP contribution in [0.4, 0.5) is 11.5 Å². The fourth-order valence-corrected chi connectivity index (χ4v) is 3.86. The molecular formula is C16H14Br2N2O.